The van der Waals surface area contributed by atoms with Crippen LogP contribution in [-0.4, -0.2) is 18.8 Å². The smallest absolute Gasteiger partial charge is 0.262 e. The molecule has 0 saturated heterocycles. The summed E-state index contributed by atoms with van der Waals surface area (Å²) in [4.78, 5) is 13.1. The van der Waals surface area contributed by atoms with Crippen molar-refractivity contribution in [1.82, 2.24) is 0 Å². The highest BCUT2D eigenvalue weighted by Gasteiger charge is 2.05. The third-order valence-electron chi connectivity index (χ3n) is 3.68. The summed E-state index contributed by atoms with van der Waals surface area (Å²) in [6, 6.07) is 25.6. The lowest BCUT2D eigenvalue weighted by atomic mass is 10.1. The number of nitrogens with one attached hydrogen (secondary N) is 1. The van der Waals surface area contributed by atoms with E-state index in [1.54, 1.807) is 11.8 Å². The van der Waals surface area contributed by atoms with Gasteiger partial charge in [0, 0.05) is 10.6 Å². The minimum Gasteiger partial charge on any atom is -0.484 e. The van der Waals surface area contributed by atoms with Crippen LogP contribution in [0.3, 0.4) is 0 Å². The van der Waals surface area contributed by atoms with E-state index in [0.29, 0.717) is 5.75 Å². The van der Waals surface area contributed by atoms with Gasteiger partial charge in [0.15, 0.2) is 6.61 Å². The van der Waals surface area contributed by atoms with Crippen LogP contribution in [-0.2, 0) is 4.79 Å². The fourth-order valence-corrected chi connectivity index (χ4v) is 2.88. The molecule has 0 heterocycles. The van der Waals surface area contributed by atoms with Gasteiger partial charge in [-0.25, -0.2) is 0 Å². The van der Waals surface area contributed by atoms with Crippen LogP contribution in [0.5, 0.6) is 5.75 Å². The molecule has 25 heavy (non-hydrogen) atoms. The lowest BCUT2D eigenvalue weighted by molar-refractivity contribution is -0.118. The van der Waals surface area contributed by atoms with Gasteiger partial charge < -0.3 is 10.1 Å². The highest BCUT2D eigenvalue weighted by molar-refractivity contribution is 7.98. The second kappa shape index (κ2) is 8.40. The Balaban J connectivity index is 1.55. The Morgan fingerprint density at radius 2 is 1.64 bits per heavy atom. The number of amides is 1. The quantitative estimate of drug-likeness (QED) is 0.630. The summed E-state index contributed by atoms with van der Waals surface area (Å²) in [5.74, 6) is 0.498. The predicted molar refractivity (Wildman–Crippen MR) is 104 cm³/mol. The maximum absolute atomic E-state index is 12.0. The van der Waals surface area contributed by atoms with E-state index in [2.05, 4.69) is 17.4 Å². The van der Waals surface area contributed by atoms with Crippen LogP contribution in [0, 0.1) is 0 Å². The summed E-state index contributed by atoms with van der Waals surface area (Å²) in [6.45, 7) is -0.0197. The standard InChI is InChI=1S/C21H19NO2S/c1-25-20-9-5-8-18(14-20)22-21(23)15-24-19-12-10-17(11-13-19)16-6-3-2-4-7-16/h2-14H,15H2,1H3,(H,22,23). The van der Waals surface area contributed by atoms with Crippen molar-refractivity contribution in [2.75, 3.05) is 18.2 Å². The lowest BCUT2D eigenvalue weighted by Gasteiger charge is -2.09. The van der Waals surface area contributed by atoms with E-state index in [-0.39, 0.29) is 12.5 Å². The summed E-state index contributed by atoms with van der Waals surface area (Å²) in [5, 5.41) is 2.85. The summed E-state index contributed by atoms with van der Waals surface area (Å²) >= 11 is 1.64. The Morgan fingerprint density at radius 3 is 2.36 bits per heavy atom. The summed E-state index contributed by atoms with van der Waals surface area (Å²) in [6.07, 6.45) is 2.00. The van der Waals surface area contributed by atoms with Crippen molar-refractivity contribution in [2.24, 2.45) is 0 Å². The maximum atomic E-state index is 12.0. The number of carbonyl (C=O) groups is 1. The Morgan fingerprint density at radius 1 is 0.920 bits per heavy atom. The monoisotopic (exact) mass is 349 g/mol. The number of hydrogen-bond donors (Lipinski definition) is 1. The predicted octanol–water partition coefficient (Wildman–Crippen LogP) is 5.09. The summed E-state index contributed by atoms with van der Waals surface area (Å²) in [5.41, 5.74) is 3.05. The molecule has 3 rings (SSSR count). The normalized spacial score (nSPS) is 10.3. The van der Waals surface area contributed by atoms with Crippen molar-refractivity contribution >= 4 is 23.4 Å². The lowest BCUT2D eigenvalue weighted by Crippen LogP contribution is -2.20. The molecule has 0 saturated carbocycles. The average molecular weight is 349 g/mol. The molecule has 0 aliphatic carbocycles. The van der Waals surface area contributed by atoms with Gasteiger partial charge in [-0.15, -0.1) is 11.8 Å². The molecule has 3 aromatic rings. The van der Waals surface area contributed by atoms with Crippen LogP contribution >= 0.6 is 11.8 Å². The fraction of sp³-hybridized carbons (Fsp3) is 0.0952. The first-order chi connectivity index (χ1) is 12.2. The Hall–Kier alpha value is -2.72. The van der Waals surface area contributed by atoms with Gasteiger partial charge in [-0.3, -0.25) is 4.79 Å². The second-order valence-electron chi connectivity index (χ2n) is 5.46. The number of carbonyl (C=O) groups excluding carboxylic acids is 1. The molecule has 0 aromatic heterocycles. The van der Waals surface area contributed by atoms with E-state index in [9.17, 15) is 4.79 Å². The van der Waals surface area contributed by atoms with Crippen LogP contribution in [0.25, 0.3) is 11.1 Å². The first-order valence-corrected chi connectivity index (χ1v) is 9.19. The van der Waals surface area contributed by atoms with Crippen LogP contribution in [0.15, 0.2) is 83.8 Å². The minimum atomic E-state index is -0.176. The van der Waals surface area contributed by atoms with Crippen molar-refractivity contribution in [3.8, 4) is 16.9 Å². The van der Waals surface area contributed by atoms with Crippen molar-refractivity contribution in [3.05, 3.63) is 78.9 Å². The molecule has 0 fully saturated rings. The van der Waals surface area contributed by atoms with Crippen LogP contribution < -0.4 is 10.1 Å². The first-order valence-electron chi connectivity index (χ1n) is 7.97. The molecule has 126 valence electrons. The summed E-state index contributed by atoms with van der Waals surface area (Å²) < 4.78 is 5.57. The third kappa shape index (κ3) is 4.88. The van der Waals surface area contributed by atoms with E-state index in [1.807, 2.05) is 73.0 Å². The third-order valence-corrected chi connectivity index (χ3v) is 4.41. The molecule has 3 nitrogen and oxygen atoms in total. The van der Waals surface area contributed by atoms with E-state index in [1.165, 1.54) is 0 Å². The minimum absolute atomic E-state index is 0.0197. The largest absolute Gasteiger partial charge is 0.484 e. The Kier molecular flexibility index (Phi) is 5.75. The fourth-order valence-electron chi connectivity index (χ4n) is 2.42. The first kappa shape index (κ1) is 17.1. The molecule has 0 radical (unpaired) electrons. The molecule has 4 heteroatoms. The van der Waals surface area contributed by atoms with Crippen molar-refractivity contribution in [1.29, 1.82) is 0 Å². The van der Waals surface area contributed by atoms with E-state index in [4.69, 9.17) is 4.74 Å². The van der Waals surface area contributed by atoms with Gasteiger partial charge in [-0.1, -0.05) is 48.5 Å². The molecule has 0 bridgehead atoms. The zero-order valence-corrected chi connectivity index (χ0v) is 14.8. The van der Waals surface area contributed by atoms with Gasteiger partial charge in [-0.2, -0.15) is 0 Å². The molecule has 0 aliphatic heterocycles. The van der Waals surface area contributed by atoms with Gasteiger partial charge in [0.1, 0.15) is 5.75 Å². The topological polar surface area (TPSA) is 38.3 Å². The molecule has 0 spiro atoms. The highest BCUT2D eigenvalue weighted by atomic mass is 32.2. The molecule has 0 atom stereocenters. The summed E-state index contributed by atoms with van der Waals surface area (Å²) in [7, 11) is 0. The highest BCUT2D eigenvalue weighted by Crippen LogP contribution is 2.22. The number of anilines is 1. The van der Waals surface area contributed by atoms with Crippen LogP contribution in [0.4, 0.5) is 5.69 Å². The van der Waals surface area contributed by atoms with E-state index < -0.39 is 0 Å². The molecule has 0 unspecified atom stereocenters. The molecule has 1 N–H and O–H groups in total. The molecule has 1 amide bonds. The average Bonchev–Trinajstić information content (AvgIpc) is 2.67. The number of rotatable bonds is 6. The molecule has 3 aromatic carbocycles. The van der Waals surface area contributed by atoms with Crippen LogP contribution in [0.1, 0.15) is 0 Å². The van der Waals surface area contributed by atoms with Gasteiger partial charge in [0.05, 0.1) is 0 Å². The molecular formula is C21H19NO2S. The number of thioether (sulfide) groups is 1. The number of hydrogen-bond acceptors (Lipinski definition) is 3. The Labute approximate surface area is 152 Å². The molecular weight excluding hydrogens is 330 g/mol. The zero-order valence-electron chi connectivity index (χ0n) is 13.9. The van der Waals surface area contributed by atoms with Gasteiger partial charge in [-0.05, 0) is 47.7 Å². The van der Waals surface area contributed by atoms with Gasteiger partial charge in [0.2, 0.25) is 0 Å². The maximum Gasteiger partial charge on any atom is 0.262 e. The van der Waals surface area contributed by atoms with Crippen molar-refractivity contribution in [2.45, 2.75) is 4.90 Å². The number of ether oxygens (including phenoxy) is 1. The van der Waals surface area contributed by atoms with Crippen molar-refractivity contribution < 1.29 is 9.53 Å². The van der Waals surface area contributed by atoms with Gasteiger partial charge >= 0.3 is 0 Å². The Bertz CT molecular complexity index is 832. The van der Waals surface area contributed by atoms with Crippen molar-refractivity contribution in [3.63, 3.8) is 0 Å². The van der Waals surface area contributed by atoms with Gasteiger partial charge in [0.25, 0.3) is 5.91 Å². The second-order valence-corrected chi connectivity index (χ2v) is 6.34. The zero-order chi connectivity index (χ0) is 17.5. The SMILES string of the molecule is CSc1cccc(NC(=O)COc2ccc(-c3ccccc3)cc2)c1. The molecule has 0 aliphatic rings. The van der Waals surface area contributed by atoms with E-state index in [0.717, 1.165) is 21.7 Å². The van der Waals surface area contributed by atoms with E-state index >= 15 is 0 Å². The number of benzene rings is 3. The van der Waals surface area contributed by atoms with Crippen LogP contribution in [0.2, 0.25) is 0 Å².